The molecule has 0 aliphatic carbocycles. The van der Waals surface area contributed by atoms with Crippen LogP contribution in [0.15, 0.2) is 0 Å². The molecular weight excluding hydrogens is 232 g/mol. The van der Waals surface area contributed by atoms with E-state index in [-0.39, 0.29) is 12.8 Å². The van der Waals surface area contributed by atoms with Crippen molar-refractivity contribution in [2.45, 2.75) is 65.2 Å². The number of rotatable bonds is 11. The topological polar surface area (TPSA) is 74.6 Å². The van der Waals surface area contributed by atoms with Gasteiger partial charge >= 0.3 is 11.9 Å². The Hall–Kier alpha value is -1.06. The highest BCUT2D eigenvalue weighted by molar-refractivity contribution is 5.66. The minimum Gasteiger partial charge on any atom is -0.481 e. The van der Waals surface area contributed by atoms with Crippen LogP contribution in [0.1, 0.15) is 65.2 Å². The predicted molar refractivity (Wildman–Crippen MR) is 70.5 cm³/mol. The van der Waals surface area contributed by atoms with Gasteiger partial charge in [0.25, 0.3) is 0 Å². The van der Waals surface area contributed by atoms with Crippen LogP contribution in [0.4, 0.5) is 0 Å². The molecular formula is C14H26O4. The Bertz CT molecular complexity index is 250. The lowest BCUT2D eigenvalue weighted by atomic mass is 9.81. The summed E-state index contributed by atoms with van der Waals surface area (Å²) in [6.45, 7) is 4.23. The van der Waals surface area contributed by atoms with Crippen LogP contribution in [0.25, 0.3) is 0 Å². The van der Waals surface area contributed by atoms with Crippen molar-refractivity contribution in [1.82, 2.24) is 0 Å². The monoisotopic (exact) mass is 258 g/mol. The molecule has 0 radical (unpaired) electrons. The molecule has 0 aliphatic rings. The molecule has 4 nitrogen and oxygen atoms in total. The first-order chi connectivity index (χ1) is 8.51. The molecule has 0 aliphatic heterocycles. The predicted octanol–water partition coefficient (Wildman–Crippen LogP) is 3.55. The van der Waals surface area contributed by atoms with E-state index in [2.05, 4.69) is 13.8 Å². The molecule has 0 bridgehead atoms. The smallest absolute Gasteiger partial charge is 0.303 e. The van der Waals surface area contributed by atoms with E-state index in [0.717, 1.165) is 38.5 Å². The van der Waals surface area contributed by atoms with E-state index in [0.29, 0.717) is 11.8 Å². The molecule has 0 aromatic heterocycles. The van der Waals surface area contributed by atoms with Crippen molar-refractivity contribution in [3.05, 3.63) is 0 Å². The van der Waals surface area contributed by atoms with E-state index >= 15 is 0 Å². The Morgan fingerprint density at radius 3 is 1.78 bits per heavy atom. The maximum Gasteiger partial charge on any atom is 0.303 e. The van der Waals surface area contributed by atoms with E-state index in [1.165, 1.54) is 0 Å². The van der Waals surface area contributed by atoms with E-state index in [9.17, 15) is 9.59 Å². The summed E-state index contributed by atoms with van der Waals surface area (Å²) in [6, 6.07) is 0. The van der Waals surface area contributed by atoms with Crippen LogP contribution < -0.4 is 0 Å². The standard InChI is InChI=1S/C14H26O4/c1-3-11(7-5-6-8-13(15)16)12(4-2)9-10-14(17)18/h11-12H,3-10H2,1-2H3,(H,15,16)(H,17,18). The van der Waals surface area contributed by atoms with Gasteiger partial charge in [-0.1, -0.05) is 39.5 Å². The van der Waals surface area contributed by atoms with Crippen LogP contribution in [-0.4, -0.2) is 22.2 Å². The van der Waals surface area contributed by atoms with E-state index in [1.807, 2.05) is 0 Å². The van der Waals surface area contributed by atoms with Crippen LogP contribution >= 0.6 is 0 Å². The normalized spacial score (nSPS) is 14.1. The Morgan fingerprint density at radius 2 is 1.33 bits per heavy atom. The maximum absolute atomic E-state index is 10.6. The summed E-state index contributed by atoms with van der Waals surface area (Å²) in [4.78, 5) is 21.0. The van der Waals surface area contributed by atoms with Crippen LogP contribution in [-0.2, 0) is 9.59 Å². The van der Waals surface area contributed by atoms with Gasteiger partial charge < -0.3 is 10.2 Å². The van der Waals surface area contributed by atoms with Crippen LogP contribution in [0.5, 0.6) is 0 Å². The highest BCUT2D eigenvalue weighted by Crippen LogP contribution is 2.28. The minimum atomic E-state index is -0.735. The second-order valence-corrected chi connectivity index (χ2v) is 4.91. The van der Waals surface area contributed by atoms with Gasteiger partial charge in [0.05, 0.1) is 0 Å². The summed E-state index contributed by atoms with van der Waals surface area (Å²) in [5.41, 5.74) is 0. The number of hydrogen-bond donors (Lipinski definition) is 2. The fraction of sp³-hybridized carbons (Fsp3) is 0.857. The zero-order valence-electron chi connectivity index (χ0n) is 11.5. The van der Waals surface area contributed by atoms with Crippen molar-refractivity contribution >= 4 is 11.9 Å². The Kier molecular flexibility index (Phi) is 9.33. The highest BCUT2D eigenvalue weighted by atomic mass is 16.4. The molecule has 0 saturated carbocycles. The second kappa shape index (κ2) is 9.92. The first-order valence-electron chi connectivity index (χ1n) is 6.94. The molecule has 0 aromatic rings. The Balaban J connectivity index is 4.01. The first kappa shape index (κ1) is 16.9. The second-order valence-electron chi connectivity index (χ2n) is 4.91. The lowest BCUT2D eigenvalue weighted by Gasteiger charge is -2.24. The highest BCUT2D eigenvalue weighted by Gasteiger charge is 2.19. The number of hydrogen-bond acceptors (Lipinski definition) is 2. The molecule has 2 unspecified atom stereocenters. The largest absolute Gasteiger partial charge is 0.481 e. The molecule has 0 amide bonds. The zero-order valence-corrected chi connectivity index (χ0v) is 11.5. The van der Waals surface area contributed by atoms with Gasteiger partial charge in [0.1, 0.15) is 0 Å². The molecule has 0 saturated heterocycles. The molecule has 0 spiro atoms. The first-order valence-corrected chi connectivity index (χ1v) is 6.94. The lowest BCUT2D eigenvalue weighted by Crippen LogP contribution is -2.15. The molecule has 18 heavy (non-hydrogen) atoms. The average Bonchev–Trinajstić information content (AvgIpc) is 2.31. The zero-order chi connectivity index (χ0) is 14.0. The average molecular weight is 258 g/mol. The summed E-state index contributed by atoms with van der Waals surface area (Å²) >= 11 is 0. The maximum atomic E-state index is 10.6. The molecule has 0 heterocycles. The third-order valence-electron chi connectivity index (χ3n) is 3.66. The van der Waals surface area contributed by atoms with Gasteiger partial charge in [0.15, 0.2) is 0 Å². The van der Waals surface area contributed by atoms with E-state index in [4.69, 9.17) is 10.2 Å². The lowest BCUT2D eigenvalue weighted by molar-refractivity contribution is -0.138. The van der Waals surface area contributed by atoms with Gasteiger partial charge in [-0.2, -0.15) is 0 Å². The molecule has 0 rings (SSSR count). The van der Waals surface area contributed by atoms with Gasteiger partial charge in [-0.25, -0.2) is 0 Å². The van der Waals surface area contributed by atoms with E-state index in [1.54, 1.807) is 0 Å². The summed E-state index contributed by atoms with van der Waals surface area (Å²) in [7, 11) is 0. The van der Waals surface area contributed by atoms with Crippen molar-refractivity contribution < 1.29 is 19.8 Å². The number of carbonyl (C=O) groups is 2. The third-order valence-corrected chi connectivity index (χ3v) is 3.66. The molecule has 2 N–H and O–H groups in total. The van der Waals surface area contributed by atoms with Crippen molar-refractivity contribution in [3.63, 3.8) is 0 Å². The van der Waals surface area contributed by atoms with Crippen LogP contribution in [0.2, 0.25) is 0 Å². The van der Waals surface area contributed by atoms with Crippen LogP contribution in [0.3, 0.4) is 0 Å². The van der Waals surface area contributed by atoms with Crippen LogP contribution in [0, 0.1) is 11.8 Å². The summed E-state index contributed by atoms with van der Waals surface area (Å²) in [6.07, 6.45) is 5.93. The quantitative estimate of drug-likeness (QED) is 0.556. The summed E-state index contributed by atoms with van der Waals surface area (Å²) < 4.78 is 0. The number of aliphatic carboxylic acids is 2. The molecule has 106 valence electrons. The van der Waals surface area contributed by atoms with Gasteiger partial charge in [0, 0.05) is 12.8 Å². The van der Waals surface area contributed by atoms with Gasteiger partial charge in [0.2, 0.25) is 0 Å². The van der Waals surface area contributed by atoms with Crippen molar-refractivity contribution in [2.24, 2.45) is 11.8 Å². The van der Waals surface area contributed by atoms with Gasteiger partial charge in [-0.05, 0) is 24.7 Å². The Morgan fingerprint density at radius 1 is 0.833 bits per heavy atom. The minimum absolute atomic E-state index is 0.238. The fourth-order valence-electron chi connectivity index (χ4n) is 2.54. The number of carboxylic acid groups (broad SMARTS) is 2. The van der Waals surface area contributed by atoms with E-state index < -0.39 is 11.9 Å². The number of unbranched alkanes of at least 4 members (excludes halogenated alkanes) is 1. The SMILES string of the molecule is CCC(CCCCC(=O)O)C(CC)CCC(=O)O. The third kappa shape index (κ3) is 8.09. The fourth-order valence-corrected chi connectivity index (χ4v) is 2.54. The Labute approximate surface area is 109 Å². The van der Waals surface area contributed by atoms with Gasteiger partial charge in [-0.3, -0.25) is 9.59 Å². The summed E-state index contributed by atoms with van der Waals surface area (Å²) in [5, 5.41) is 17.3. The van der Waals surface area contributed by atoms with Gasteiger partial charge in [-0.15, -0.1) is 0 Å². The molecule has 4 heteroatoms. The summed E-state index contributed by atoms with van der Waals surface area (Å²) in [5.74, 6) is -0.478. The number of carboxylic acids is 2. The molecule has 0 fully saturated rings. The van der Waals surface area contributed by atoms with Crippen molar-refractivity contribution in [1.29, 1.82) is 0 Å². The molecule has 2 atom stereocenters. The molecule has 0 aromatic carbocycles. The van der Waals surface area contributed by atoms with Crippen molar-refractivity contribution in [2.75, 3.05) is 0 Å². The van der Waals surface area contributed by atoms with Crippen molar-refractivity contribution in [3.8, 4) is 0 Å².